The molecule has 1 saturated carbocycles. The summed E-state index contributed by atoms with van der Waals surface area (Å²) in [6, 6.07) is 1.36. The number of nitrogens with one attached hydrogen (secondary N) is 1. The van der Waals surface area contributed by atoms with E-state index in [1.165, 1.54) is 32.1 Å². The summed E-state index contributed by atoms with van der Waals surface area (Å²) in [5.41, 5.74) is 0.0760. The van der Waals surface area contributed by atoms with Gasteiger partial charge in [0.1, 0.15) is 10.6 Å². The molecule has 0 spiro atoms. The molecule has 1 amide bonds. The average Bonchev–Trinajstić information content (AvgIpc) is 3.09. The third kappa shape index (κ3) is 6.75. The van der Waals surface area contributed by atoms with E-state index in [1.807, 2.05) is 20.8 Å². The maximum atomic E-state index is 14.5. The first kappa shape index (κ1) is 28.1. The molecule has 2 bridgehead atoms. The largest absolute Gasteiger partial charge is 0.598 e. The zero-order chi connectivity index (χ0) is 26.0. The number of benzene rings is 1. The summed E-state index contributed by atoms with van der Waals surface area (Å²) in [7, 11) is 0. The Hall–Kier alpha value is -0.900. The highest BCUT2D eigenvalue weighted by atomic mass is 32.2. The van der Waals surface area contributed by atoms with Crippen molar-refractivity contribution in [1.82, 2.24) is 9.62 Å². The van der Waals surface area contributed by atoms with E-state index in [-0.39, 0.29) is 41.9 Å². The molecule has 2 aliphatic heterocycles. The quantitative estimate of drug-likeness (QED) is 0.327. The summed E-state index contributed by atoms with van der Waals surface area (Å²) in [6.45, 7) is 5.58. The summed E-state index contributed by atoms with van der Waals surface area (Å²) in [6.07, 6.45) is 9.67. The van der Waals surface area contributed by atoms with Gasteiger partial charge in [0.15, 0.2) is 11.6 Å². The number of fused-ring (bicyclic) bond motifs is 2. The first-order chi connectivity index (χ1) is 17.0. The zero-order valence-electron chi connectivity index (χ0n) is 21.5. The minimum Gasteiger partial charge on any atom is -0.598 e. The van der Waals surface area contributed by atoms with Crippen LogP contribution in [0.25, 0.3) is 0 Å². The molecule has 4 nitrogen and oxygen atoms in total. The molecule has 1 aromatic rings. The second-order valence-corrected chi connectivity index (χ2v) is 14.9. The van der Waals surface area contributed by atoms with Crippen molar-refractivity contribution in [2.45, 2.75) is 113 Å². The zero-order valence-corrected chi connectivity index (χ0v) is 23.2. The van der Waals surface area contributed by atoms with Gasteiger partial charge in [-0.05, 0) is 83.3 Å². The normalized spacial score (nSPS) is 26.8. The minimum atomic E-state index is -1.41. The van der Waals surface area contributed by atoms with Gasteiger partial charge in [-0.2, -0.15) is 0 Å². The van der Waals surface area contributed by atoms with E-state index in [9.17, 15) is 22.5 Å². The molecule has 1 N–H and O–H groups in total. The fraction of sp³-hybridized carbons (Fsp3) is 0.741. The number of hydrogen-bond acceptors (Lipinski definition) is 4. The molecule has 36 heavy (non-hydrogen) atoms. The molecule has 3 aliphatic rings. The summed E-state index contributed by atoms with van der Waals surface area (Å²) >= 11 is 0.395. The van der Waals surface area contributed by atoms with Crippen molar-refractivity contribution in [3.63, 3.8) is 0 Å². The Labute approximate surface area is 220 Å². The molecule has 1 aliphatic carbocycles. The summed E-state index contributed by atoms with van der Waals surface area (Å²) in [4.78, 5) is 15.3. The molecule has 5 atom stereocenters. The number of carbonyl (C=O) groups is 1. The number of rotatable bonds is 8. The van der Waals surface area contributed by atoms with Crippen LogP contribution in [-0.2, 0) is 22.6 Å². The number of nitrogens with zero attached hydrogens (tertiary/aromatic N) is 1. The van der Waals surface area contributed by atoms with Gasteiger partial charge in [-0.1, -0.05) is 19.3 Å². The third-order valence-electron chi connectivity index (χ3n) is 7.97. The van der Waals surface area contributed by atoms with E-state index >= 15 is 0 Å². The molecule has 9 heteroatoms. The summed E-state index contributed by atoms with van der Waals surface area (Å²) in [5.74, 6) is -2.30. The highest BCUT2D eigenvalue weighted by molar-refractivity contribution is 8.00. The van der Waals surface area contributed by atoms with Crippen LogP contribution < -0.4 is 4.72 Å². The van der Waals surface area contributed by atoms with Crippen LogP contribution in [-0.4, -0.2) is 49.2 Å². The van der Waals surface area contributed by atoms with Crippen LogP contribution in [0, 0.1) is 23.4 Å². The molecule has 4 rings (SSSR count). The van der Waals surface area contributed by atoms with Gasteiger partial charge in [-0.3, -0.25) is 4.79 Å². The van der Waals surface area contributed by atoms with Gasteiger partial charge in [-0.25, -0.2) is 13.2 Å². The lowest BCUT2D eigenvalue weighted by Crippen LogP contribution is -2.54. The Morgan fingerprint density at radius 2 is 1.67 bits per heavy atom. The lowest BCUT2D eigenvalue weighted by Gasteiger charge is -2.42. The highest BCUT2D eigenvalue weighted by Gasteiger charge is 2.46. The van der Waals surface area contributed by atoms with E-state index in [2.05, 4.69) is 9.62 Å². The lowest BCUT2D eigenvalue weighted by molar-refractivity contribution is -0.133. The Morgan fingerprint density at radius 1 is 1.06 bits per heavy atom. The van der Waals surface area contributed by atoms with Crippen molar-refractivity contribution in [3.8, 4) is 0 Å². The number of halogens is 3. The van der Waals surface area contributed by atoms with Crippen molar-refractivity contribution in [3.05, 3.63) is 35.1 Å². The first-order valence-corrected chi connectivity index (χ1v) is 15.5. The van der Waals surface area contributed by atoms with E-state index < -0.39 is 33.6 Å². The van der Waals surface area contributed by atoms with Crippen LogP contribution in [0.5, 0.6) is 0 Å². The topological polar surface area (TPSA) is 55.4 Å². The van der Waals surface area contributed by atoms with E-state index in [0.29, 0.717) is 17.1 Å². The molecule has 2 heterocycles. The van der Waals surface area contributed by atoms with Crippen LogP contribution in [0.15, 0.2) is 12.1 Å². The fourth-order valence-electron chi connectivity index (χ4n) is 6.03. The monoisotopic (exact) mass is 544 g/mol. The van der Waals surface area contributed by atoms with Gasteiger partial charge >= 0.3 is 0 Å². The number of carbonyl (C=O) groups excluding carboxylic acids is 1. The summed E-state index contributed by atoms with van der Waals surface area (Å²) < 4.78 is 57.6. The predicted octanol–water partition coefficient (Wildman–Crippen LogP) is 5.90. The molecule has 1 aromatic carbocycles. The van der Waals surface area contributed by atoms with E-state index in [4.69, 9.17) is 0 Å². The average molecular weight is 545 g/mol. The molecule has 2 unspecified atom stereocenters. The van der Waals surface area contributed by atoms with Gasteiger partial charge in [0, 0.05) is 34.8 Å². The standard InChI is InChI=1S/C27H39F3N2O2S2/c1-27(2,3)36(34)31-25(14-17-13-23(29)24(30)15-22(17)28)18-11-19-9-10-20(12-18)32(19)26(33)16-35-21-7-5-4-6-8-21/h13,15,18-21,25,31H,4-12,14,16H2,1-3H3/t18?,19-,20+,25-,36?/m1/s1. The number of piperidine rings is 1. The Bertz CT molecular complexity index is 909. The minimum absolute atomic E-state index is 0.0522. The predicted molar refractivity (Wildman–Crippen MR) is 141 cm³/mol. The third-order valence-corrected chi connectivity index (χ3v) is 11.0. The second kappa shape index (κ2) is 11.9. The van der Waals surface area contributed by atoms with Gasteiger partial charge < -0.3 is 9.45 Å². The first-order valence-electron chi connectivity index (χ1n) is 13.3. The second-order valence-electron chi connectivity index (χ2n) is 11.7. The van der Waals surface area contributed by atoms with Crippen molar-refractivity contribution >= 4 is 29.0 Å². The molecule has 3 fully saturated rings. The van der Waals surface area contributed by atoms with E-state index in [0.717, 1.165) is 31.7 Å². The molecular formula is C27H39F3N2O2S2. The maximum Gasteiger partial charge on any atom is 0.233 e. The molecule has 0 radical (unpaired) electrons. The van der Waals surface area contributed by atoms with Gasteiger partial charge in [0.25, 0.3) is 0 Å². The van der Waals surface area contributed by atoms with Crippen LogP contribution >= 0.6 is 11.8 Å². The van der Waals surface area contributed by atoms with Gasteiger partial charge in [0.2, 0.25) is 5.91 Å². The Balaban J connectivity index is 1.45. The van der Waals surface area contributed by atoms with Crippen LogP contribution in [0.2, 0.25) is 0 Å². The highest BCUT2D eigenvalue weighted by Crippen LogP contribution is 2.42. The van der Waals surface area contributed by atoms with Crippen LogP contribution in [0.1, 0.15) is 84.1 Å². The lowest BCUT2D eigenvalue weighted by atomic mass is 9.82. The number of amides is 1. The van der Waals surface area contributed by atoms with Crippen molar-refractivity contribution < 1.29 is 22.5 Å². The summed E-state index contributed by atoms with van der Waals surface area (Å²) in [5, 5.41) is 0.588. The smallest absolute Gasteiger partial charge is 0.233 e. The fourth-order valence-corrected chi connectivity index (χ4v) is 8.12. The van der Waals surface area contributed by atoms with Gasteiger partial charge in [-0.15, -0.1) is 16.5 Å². The molecule has 202 valence electrons. The maximum absolute atomic E-state index is 14.5. The van der Waals surface area contributed by atoms with E-state index in [1.54, 1.807) is 11.8 Å². The SMILES string of the molecule is CC(C)(C)[S+]([O-])N[C@H](Cc1cc(F)c(F)cc1F)C1C[C@H]2CC[C@@H](C1)N2C(=O)CSC1CCCCC1. The number of thioether (sulfide) groups is 1. The van der Waals surface area contributed by atoms with Crippen molar-refractivity contribution in [1.29, 1.82) is 0 Å². The number of hydrogen-bond donors (Lipinski definition) is 1. The molecule has 2 saturated heterocycles. The Kier molecular flexibility index (Phi) is 9.27. The van der Waals surface area contributed by atoms with Crippen LogP contribution in [0.3, 0.4) is 0 Å². The van der Waals surface area contributed by atoms with Gasteiger partial charge in [0.05, 0.1) is 11.8 Å². The van der Waals surface area contributed by atoms with Crippen LogP contribution in [0.4, 0.5) is 13.2 Å². The molecular weight excluding hydrogens is 505 g/mol. The Morgan fingerprint density at radius 3 is 2.28 bits per heavy atom. The van der Waals surface area contributed by atoms with Crippen molar-refractivity contribution in [2.24, 2.45) is 5.92 Å². The van der Waals surface area contributed by atoms with Crippen molar-refractivity contribution in [2.75, 3.05) is 5.75 Å². The molecule has 0 aromatic heterocycles.